The zero-order valence-electron chi connectivity index (χ0n) is 9.19. The summed E-state index contributed by atoms with van der Waals surface area (Å²) in [6.45, 7) is 2.96. The van der Waals surface area contributed by atoms with Gasteiger partial charge in [0.25, 0.3) is 5.91 Å². The molecule has 2 aliphatic rings. The van der Waals surface area contributed by atoms with Crippen LogP contribution in [0.15, 0.2) is 16.8 Å². The molecule has 0 radical (unpaired) electrons. The van der Waals surface area contributed by atoms with Crippen molar-refractivity contribution in [2.75, 3.05) is 19.6 Å². The van der Waals surface area contributed by atoms with Gasteiger partial charge in [-0.2, -0.15) is 11.3 Å². The summed E-state index contributed by atoms with van der Waals surface area (Å²) in [6.07, 6.45) is 2.33. The maximum Gasteiger partial charge on any atom is 0.254 e. The van der Waals surface area contributed by atoms with Crippen LogP contribution in [0, 0.1) is 5.92 Å². The van der Waals surface area contributed by atoms with Crippen LogP contribution in [0.5, 0.6) is 0 Å². The fourth-order valence-electron chi connectivity index (χ4n) is 2.80. The van der Waals surface area contributed by atoms with Crippen molar-refractivity contribution < 1.29 is 4.79 Å². The second-order valence-electron chi connectivity index (χ2n) is 4.66. The molecule has 1 N–H and O–H groups in total. The summed E-state index contributed by atoms with van der Waals surface area (Å²) in [5, 5.41) is 7.43. The van der Waals surface area contributed by atoms with Gasteiger partial charge in [0.1, 0.15) is 0 Å². The molecule has 2 atom stereocenters. The smallest absolute Gasteiger partial charge is 0.254 e. The molecular formula is C12H16N2OS. The van der Waals surface area contributed by atoms with Crippen molar-refractivity contribution in [3.63, 3.8) is 0 Å². The van der Waals surface area contributed by atoms with Crippen molar-refractivity contribution in [2.45, 2.75) is 18.9 Å². The lowest BCUT2D eigenvalue weighted by molar-refractivity contribution is 0.0662. The number of nitrogens with zero attached hydrogens (tertiary/aromatic N) is 1. The van der Waals surface area contributed by atoms with E-state index in [-0.39, 0.29) is 5.91 Å². The highest BCUT2D eigenvalue weighted by Gasteiger charge is 2.34. The molecule has 0 saturated carbocycles. The Morgan fingerprint density at radius 2 is 2.44 bits per heavy atom. The van der Waals surface area contributed by atoms with Gasteiger partial charge in [0.15, 0.2) is 0 Å². The Balaban J connectivity index is 1.70. The molecule has 2 unspecified atom stereocenters. The highest BCUT2D eigenvalue weighted by Crippen LogP contribution is 2.25. The number of fused-ring (bicyclic) bond motifs is 1. The molecule has 3 rings (SSSR count). The second kappa shape index (κ2) is 4.18. The number of carbonyl (C=O) groups excluding carboxylic acids is 1. The minimum absolute atomic E-state index is 0.214. The monoisotopic (exact) mass is 236 g/mol. The molecule has 2 fully saturated rings. The maximum atomic E-state index is 12.2. The van der Waals surface area contributed by atoms with Crippen LogP contribution in [0.2, 0.25) is 0 Å². The maximum absolute atomic E-state index is 12.2. The second-order valence-corrected chi connectivity index (χ2v) is 5.44. The summed E-state index contributed by atoms with van der Waals surface area (Å²) in [7, 11) is 0. The van der Waals surface area contributed by atoms with Crippen LogP contribution in [0.1, 0.15) is 23.2 Å². The quantitative estimate of drug-likeness (QED) is 0.803. The van der Waals surface area contributed by atoms with E-state index in [1.54, 1.807) is 11.3 Å². The predicted octanol–water partition coefficient (Wildman–Crippen LogP) is 1.57. The molecule has 4 heteroatoms. The Hall–Kier alpha value is -0.870. The average Bonchev–Trinajstić information content (AvgIpc) is 2.98. The molecule has 1 amide bonds. The van der Waals surface area contributed by atoms with Gasteiger partial charge >= 0.3 is 0 Å². The molecule has 2 aliphatic heterocycles. The number of hydrogen-bond acceptors (Lipinski definition) is 3. The van der Waals surface area contributed by atoms with Gasteiger partial charge in [-0.1, -0.05) is 0 Å². The molecular weight excluding hydrogens is 220 g/mol. The van der Waals surface area contributed by atoms with Crippen molar-refractivity contribution in [3.05, 3.63) is 22.4 Å². The Morgan fingerprint density at radius 1 is 1.50 bits per heavy atom. The van der Waals surface area contributed by atoms with Crippen LogP contribution in [-0.4, -0.2) is 36.5 Å². The summed E-state index contributed by atoms with van der Waals surface area (Å²) in [4.78, 5) is 14.2. The number of piperidine rings is 1. The third kappa shape index (κ3) is 1.76. The number of rotatable bonds is 1. The molecule has 0 aromatic carbocycles. The minimum atomic E-state index is 0.214. The van der Waals surface area contributed by atoms with E-state index in [1.807, 2.05) is 21.7 Å². The van der Waals surface area contributed by atoms with Crippen molar-refractivity contribution in [2.24, 2.45) is 5.92 Å². The Labute approximate surface area is 99.5 Å². The zero-order chi connectivity index (χ0) is 11.0. The SMILES string of the molecule is O=C(c1ccsc1)N1CCC2NCCC2C1. The highest BCUT2D eigenvalue weighted by molar-refractivity contribution is 7.08. The van der Waals surface area contributed by atoms with Crippen LogP contribution in [0.25, 0.3) is 0 Å². The fraction of sp³-hybridized carbons (Fsp3) is 0.583. The normalized spacial score (nSPS) is 29.1. The standard InChI is InChI=1S/C12H16N2OS/c15-12(10-3-6-16-8-10)14-5-2-11-9(7-14)1-4-13-11/h3,6,8-9,11,13H,1-2,4-5,7H2. The van der Waals surface area contributed by atoms with Gasteiger partial charge in [0, 0.05) is 24.5 Å². The van der Waals surface area contributed by atoms with E-state index in [1.165, 1.54) is 6.42 Å². The van der Waals surface area contributed by atoms with E-state index < -0.39 is 0 Å². The first-order chi connectivity index (χ1) is 7.84. The number of carbonyl (C=O) groups is 1. The third-order valence-corrected chi connectivity index (χ3v) is 4.39. The molecule has 0 aliphatic carbocycles. The molecule has 3 heterocycles. The minimum Gasteiger partial charge on any atom is -0.338 e. The third-order valence-electron chi connectivity index (χ3n) is 3.71. The van der Waals surface area contributed by atoms with Gasteiger partial charge in [-0.15, -0.1) is 0 Å². The molecule has 16 heavy (non-hydrogen) atoms. The fourth-order valence-corrected chi connectivity index (χ4v) is 3.43. The van der Waals surface area contributed by atoms with Crippen molar-refractivity contribution >= 4 is 17.2 Å². The first-order valence-corrected chi connectivity index (χ1v) is 6.84. The zero-order valence-corrected chi connectivity index (χ0v) is 10.0. The van der Waals surface area contributed by atoms with E-state index in [9.17, 15) is 4.79 Å². The number of thiophene rings is 1. The molecule has 0 spiro atoms. The molecule has 3 nitrogen and oxygen atoms in total. The van der Waals surface area contributed by atoms with Gasteiger partial charge in [-0.05, 0) is 36.8 Å². The van der Waals surface area contributed by atoms with E-state index in [0.29, 0.717) is 12.0 Å². The number of likely N-dealkylation sites (tertiary alicyclic amines) is 1. The van der Waals surface area contributed by atoms with Crippen LogP contribution in [0.4, 0.5) is 0 Å². The predicted molar refractivity (Wildman–Crippen MR) is 64.7 cm³/mol. The number of hydrogen-bond donors (Lipinski definition) is 1. The Morgan fingerprint density at radius 3 is 3.25 bits per heavy atom. The Kier molecular flexibility index (Phi) is 2.69. The van der Waals surface area contributed by atoms with Gasteiger partial charge in [0.2, 0.25) is 0 Å². The lowest BCUT2D eigenvalue weighted by atomic mass is 9.93. The average molecular weight is 236 g/mol. The molecule has 86 valence electrons. The lowest BCUT2D eigenvalue weighted by Gasteiger charge is -2.34. The van der Waals surface area contributed by atoms with Crippen LogP contribution < -0.4 is 5.32 Å². The summed E-state index contributed by atoms with van der Waals surface area (Å²) in [5.41, 5.74) is 0.856. The molecule has 2 saturated heterocycles. The summed E-state index contributed by atoms with van der Waals surface area (Å²) >= 11 is 1.59. The summed E-state index contributed by atoms with van der Waals surface area (Å²) in [6, 6.07) is 2.58. The first-order valence-electron chi connectivity index (χ1n) is 5.89. The van der Waals surface area contributed by atoms with Gasteiger partial charge in [-0.25, -0.2) is 0 Å². The molecule has 1 aromatic heterocycles. The summed E-state index contributed by atoms with van der Waals surface area (Å²) in [5.74, 6) is 0.892. The summed E-state index contributed by atoms with van der Waals surface area (Å²) < 4.78 is 0. The van der Waals surface area contributed by atoms with Gasteiger partial charge in [-0.3, -0.25) is 4.79 Å². The molecule has 0 bridgehead atoms. The molecule has 1 aromatic rings. The number of amides is 1. The first kappa shape index (κ1) is 10.3. The van der Waals surface area contributed by atoms with Crippen LogP contribution in [-0.2, 0) is 0 Å². The van der Waals surface area contributed by atoms with E-state index in [4.69, 9.17) is 0 Å². The lowest BCUT2D eigenvalue weighted by Crippen LogP contribution is -2.46. The van der Waals surface area contributed by atoms with Gasteiger partial charge in [0.05, 0.1) is 5.56 Å². The van der Waals surface area contributed by atoms with Gasteiger partial charge < -0.3 is 10.2 Å². The van der Waals surface area contributed by atoms with E-state index in [2.05, 4.69) is 5.32 Å². The van der Waals surface area contributed by atoms with E-state index >= 15 is 0 Å². The van der Waals surface area contributed by atoms with Crippen molar-refractivity contribution in [3.8, 4) is 0 Å². The highest BCUT2D eigenvalue weighted by atomic mass is 32.1. The van der Waals surface area contributed by atoms with Crippen molar-refractivity contribution in [1.29, 1.82) is 0 Å². The topological polar surface area (TPSA) is 32.3 Å². The van der Waals surface area contributed by atoms with E-state index in [0.717, 1.165) is 31.6 Å². The van der Waals surface area contributed by atoms with Crippen LogP contribution in [0.3, 0.4) is 0 Å². The Bertz CT molecular complexity index is 376. The number of nitrogens with one attached hydrogen (secondary N) is 1. The van der Waals surface area contributed by atoms with Crippen molar-refractivity contribution in [1.82, 2.24) is 10.2 Å². The largest absolute Gasteiger partial charge is 0.338 e. The van der Waals surface area contributed by atoms with Crippen LogP contribution >= 0.6 is 11.3 Å².